The first-order valence-corrected chi connectivity index (χ1v) is 5.49. The van der Waals surface area contributed by atoms with Crippen LogP contribution in [0.5, 0.6) is 0 Å². The highest BCUT2D eigenvalue weighted by atomic mass is 79.9. The Morgan fingerprint density at radius 3 is 2.93 bits per heavy atom. The van der Waals surface area contributed by atoms with Crippen molar-refractivity contribution < 1.29 is 4.79 Å². The molecule has 0 saturated heterocycles. The number of nitrogens with zero attached hydrogens (tertiary/aromatic N) is 1. The highest BCUT2D eigenvalue weighted by Crippen LogP contribution is 2.01. The zero-order valence-electron chi connectivity index (χ0n) is 8.29. The highest BCUT2D eigenvalue weighted by molar-refractivity contribution is 9.09. The molecular weight excluding hydrogens is 262 g/mol. The summed E-state index contributed by atoms with van der Waals surface area (Å²) in [4.78, 5) is 22.5. The number of halogens is 1. The Morgan fingerprint density at radius 1 is 1.67 bits per heavy atom. The van der Waals surface area contributed by atoms with Gasteiger partial charge in [0.2, 0.25) is 0 Å². The minimum atomic E-state index is -0.319. The molecule has 0 aliphatic rings. The molecule has 0 aliphatic heterocycles. The predicted octanol–water partition coefficient (Wildman–Crippen LogP) is 0.673. The lowest BCUT2D eigenvalue weighted by atomic mass is 10.3. The summed E-state index contributed by atoms with van der Waals surface area (Å²) in [6.45, 7) is 2.58. The summed E-state index contributed by atoms with van der Waals surface area (Å²) in [5.74, 6) is -0.278. The van der Waals surface area contributed by atoms with Crippen molar-refractivity contribution in [1.82, 2.24) is 15.5 Å². The van der Waals surface area contributed by atoms with E-state index in [1.165, 1.54) is 12.1 Å². The van der Waals surface area contributed by atoms with Gasteiger partial charge in [-0.15, -0.1) is 0 Å². The van der Waals surface area contributed by atoms with Crippen LogP contribution in [-0.2, 0) is 0 Å². The number of amides is 1. The van der Waals surface area contributed by atoms with E-state index in [0.717, 1.165) is 6.42 Å². The van der Waals surface area contributed by atoms with Gasteiger partial charge < -0.3 is 5.32 Å². The van der Waals surface area contributed by atoms with Crippen LogP contribution in [0.25, 0.3) is 0 Å². The Balaban J connectivity index is 2.47. The first-order chi connectivity index (χ1) is 7.09. The Morgan fingerprint density at radius 2 is 2.40 bits per heavy atom. The topological polar surface area (TPSA) is 74.8 Å². The molecule has 0 saturated carbocycles. The lowest BCUT2D eigenvalue weighted by Crippen LogP contribution is -2.27. The summed E-state index contributed by atoms with van der Waals surface area (Å²) in [7, 11) is 0. The van der Waals surface area contributed by atoms with Crippen LogP contribution >= 0.6 is 15.9 Å². The summed E-state index contributed by atoms with van der Waals surface area (Å²) >= 11 is 3.38. The van der Waals surface area contributed by atoms with E-state index in [9.17, 15) is 9.59 Å². The molecule has 82 valence electrons. The summed E-state index contributed by atoms with van der Waals surface area (Å²) in [6.07, 6.45) is 0.842. The Kier molecular flexibility index (Phi) is 4.48. The highest BCUT2D eigenvalue weighted by Gasteiger charge is 2.06. The number of hydrogen-bond acceptors (Lipinski definition) is 3. The van der Waals surface area contributed by atoms with Gasteiger partial charge in [-0.3, -0.25) is 9.59 Å². The van der Waals surface area contributed by atoms with Gasteiger partial charge in [0.25, 0.3) is 11.5 Å². The summed E-state index contributed by atoms with van der Waals surface area (Å²) in [5.41, 5.74) is -0.0996. The van der Waals surface area contributed by atoms with E-state index >= 15 is 0 Å². The standard InChI is InChI=1S/C9H12BrN3O2/c1-6(10)4-5-11-9(15)7-2-3-8(14)13-12-7/h2-3,6H,4-5H2,1H3,(H,11,15)(H,13,14). The largest absolute Gasteiger partial charge is 0.351 e. The number of rotatable bonds is 4. The van der Waals surface area contributed by atoms with Crippen LogP contribution in [0.15, 0.2) is 16.9 Å². The third kappa shape index (κ3) is 4.24. The van der Waals surface area contributed by atoms with Crippen LogP contribution in [0.3, 0.4) is 0 Å². The summed E-state index contributed by atoms with van der Waals surface area (Å²) in [6, 6.07) is 2.67. The van der Waals surface area contributed by atoms with Crippen LogP contribution in [0.2, 0.25) is 0 Å². The first-order valence-electron chi connectivity index (χ1n) is 4.57. The van der Waals surface area contributed by atoms with Gasteiger partial charge in [-0.2, -0.15) is 5.10 Å². The number of alkyl halides is 1. The molecule has 0 bridgehead atoms. The molecule has 1 rings (SSSR count). The number of hydrogen-bond donors (Lipinski definition) is 2. The van der Waals surface area contributed by atoms with Crippen LogP contribution < -0.4 is 10.9 Å². The van der Waals surface area contributed by atoms with E-state index in [1.54, 1.807) is 0 Å². The molecular formula is C9H12BrN3O2. The van der Waals surface area contributed by atoms with E-state index in [2.05, 4.69) is 31.4 Å². The lowest BCUT2D eigenvalue weighted by molar-refractivity contribution is 0.0947. The Hall–Kier alpha value is -1.17. The average molecular weight is 274 g/mol. The van der Waals surface area contributed by atoms with Crippen molar-refractivity contribution in [3.05, 3.63) is 28.2 Å². The fraction of sp³-hybridized carbons (Fsp3) is 0.444. The number of nitrogens with one attached hydrogen (secondary N) is 2. The van der Waals surface area contributed by atoms with Crippen LogP contribution in [0, 0.1) is 0 Å². The molecule has 1 heterocycles. The van der Waals surface area contributed by atoms with Crippen LogP contribution in [-0.4, -0.2) is 27.5 Å². The smallest absolute Gasteiger partial charge is 0.271 e. The van der Waals surface area contributed by atoms with Crippen molar-refractivity contribution in [2.24, 2.45) is 0 Å². The van der Waals surface area contributed by atoms with Crippen LogP contribution in [0.1, 0.15) is 23.8 Å². The van der Waals surface area contributed by atoms with Gasteiger partial charge in [0, 0.05) is 17.4 Å². The van der Waals surface area contributed by atoms with Crippen LogP contribution in [0.4, 0.5) is 0 Å². The van der Waals surface area contributed by atoms with Crippen molar-refractivity contribution in [3.63, 3.8) is 0 Å². The van der Waals surface area contributed by atoms with E-state index in [1.807, 2.05) is 6.92 Å². The molecule has 2 N–H and O–H groups in total. The van der Waals surface area contributed by atoms with Gasteiger partial charge in [-0.25, -0.2) is 5.10 Å². The van der Waals surface area contributed by atoms with Gasteiger partial charge in [-0.05, 0) is 12.5 Å². The molecule has 6 heteroatoms. The maximum Gasteiger partial charge on any atom is 0.271 e. The van der Waals surface area contributed by atoms with Crippen molar-refractivity contribution in [2.75, 3.05) is 6.54 Å². The number of aromatic amines is 1. The number of H-pyrrole nitrogens is 1. The quantitative estimate of drug-likeness (QED) is 0.792. The molecule has 1 atom stereocenters. The molecule has 0 aliphatic carbocycles. The van der Waals surface area contributed by atoms with Gasteiger partial charge in [0.15, 0.2) is 0 Å². The van der Waals surface area contributed by atoms with E-state index in [4.69, 9.17) is 0 Å². The maximum atomic E-state index is 11.4. The number of carbonyl (C=O) groups excluding carboxylic acids is 1. The third-order valence-corrected chi connectivity index (χ3v) is 2.20. The zero-order chi connectivity index (χ0) is 11.3. The Bertz CT molecular complexity index is 369. The van der Waals surface area contributed by atoms with Crippen molar-refractivity contribution in [3.8, 4) is 0 Å². The molecule has 0 radical (unpaired) electrons. The van der Waals surface area contributed by atoms with Gasteiger partial charge in [0.1, 0.15) is 5.69 Å². The molecule has 1 amide bonds. The molecule has 0 aromatic carbocycles. The molecule has 1 aromatic rings. The van der Waals surface area contributed by atoms with E-state index < -0.39 is 0 Å². The molecule has 1 aromatic heterocycles. The maximum absolute atomic E-state index is 11.4. The molecule has 1 unspecified atom stereocenters. The van der Waals surface area contributed by atoms with Crippen molar-refractivity contribution in [2.45, 2.75) is 18.2 Å². The summed E-state index contributed by atoms with van der Waals surface area (Å²) in [5, 5.41) is 8.52. The number of aromatic nitrogens is 2. The van der Waals surface area contributed by atoms with Gasteiger partial charge >= 0.3 is 0 Å². The van der Waals surface area contributed by atoms with Crippen molar-refractivity contribution >= 4 is 21.8 Å². The molecule has 5 nitrogen and oxygen atoms in total. The average Bonchev–Trinajstić information content (AvgIpc) is 2.18. The second kappa shape index (κ2) is 5.65. The monoisotopic (exact) mass is 273 g/mol. The predicted molar refractivity (Wildman–Crippen MR) is 60.2 cm³/mol. The minimum absolute atomic E-state index is 0.219. The van der Waals surface area contributed by atoms with Gasteiger partial charge in [-0.1, -0.05) is 22.9 Å². The zero-order valence-corrected chi connectivity index (χ0v) is 9.87. The first kappa shape index (κ1) is 11.9. The summed E-state index contributed by atoms with van der Waals surface area (Å²) < 4.78 is 0. The second-order valence-electron chi connectivity index (χ2n) is 3.13. The molecule has 15 heavy (non-hydrogen) atoms. The third-order valence-electron chi connectivity index (χ3n) is 1.74. The molecule has 0 spiro atoms. The Labute approximate surface area is 95.4 Å². The fourth-order valence-corrected chi connectivity index (χ4v) is 1.18. The van der Waals surface area contributed by atoms with Gasteiger partial charge in [0.05, 0.1) is 0 Å². The number of carbonyl (C=O) groups is 1. The minimum Gasteiger partial charge on any atom is -0.351 e. The normalized spacial score (nSPS) is 12.1. The SMILES string of the molecule is CC(Br)CCNC(=O)c1ccc(=O)[nH]n1. The fourth-order valence-electron chi connectivity index (χ4n) is 0.946. The van der Waals surface area contributed by atoms with Crippen molar-refractivity contribution in [1.29, 1.82) is 0 Å². The van der Waals surface area contributed by atoms with E-state index in [0.29, 0.717) is 11.4 Å². The molecule has 0 fully saturated rings. The lowest BCUT2D eigenvalue weighted by Gasteiger charge is -2.04. The van der Waals surface area contributed by atoms with E-state index in [-0.39, 0.29) is 17.2 Å². The second-order valence-corrected chi connectivity index (χ2v) is 4.69.